The molecule has 0 saturated heterocycles. The van der Waals surface area contributed by atoms with Crippen LogP contribution < -0.4 is 5.73 Å². The Labute approximate surface area is 86.1 Å². The molecule has 0 spiro atoms. The molecular weight excluding hydrogens is 178 g/mol. The first kappa shape index (κ1) is 11.3. The third-order valence-electron chi connectivity index (χ3n) is 2.48. The number of nitrogens with two attached hydrogens (primary N) is 1. The topological polar surface area (TPSA) is 50.9 Å². The van der Waals surface area contributed by atoms with Gasteiger partial charge in [-0.2, -0.15) is 0 Å². The zero-order valence-corrected chi connectivity index (χ0v) is 9.36. The summed E-state index contributed by atoms with van der Waals surface area (Å²) in [7, 11) is 1.71. The molecule has 2 N–H and O–H groups in total. The fraction of sp³-hybridized carbons (Fsp3) is 0.900. The van der Waals surface area contributed by atoms with Crippen molar-refractivity contribution in [2.24, 2.45) is 16.6 Å². The number of hydrogen-bond acceptors (Lipinski definition) is 4. The highest BCUT2D eigenvalue weighted by Gasteiger charge is 2.25. The van der Waals surface area contributed by atoms with Gasteiger partial charge in [0.25, 0.3) is 0 Å². The van der Waals surface area contributed by atoms with Gasteiger partial charge in [-0.3, -0.25) is 4.99 Å². The molecule has 1 aliphatic rings. The number of ether oxygens (including phenoxy) is 1. The number of nitrogens with zero attached hydrogens (tertiary/aromatic N) is 2. The fourth-order valence-electron chi connectivity index (χ4n) is 1.81. The summed E-state index contributed by atoms with van der Waals surface area (Å²) in [6, 6.07) is 0.477. The van der Waals surface area contributed by atoms with Crippen LogP contribution in [0.4, 0.5) is 0 Å². The van der Waals surface area contributed by atoms with Gasteiger partial charge in [-0.05, 0) is 12.3 Å². The van der Waals surface area contributed by atoms with Gasteiger partial charge in [0.15, 0.2) is 5.96 Å². The van der Waals surface area contributed by atoms with Crippen molar-refractivity contribution in [3.63, 3.8) is 0 Å². The molecule has 0 aliphatic carbocycles. The van der Waals surface area contributed by atoms with E-state index in [0.717, 1.165) is 19.5 Å². The zero-order valence-electron chi connectivity index (χ0n) is 9.36. The number of hydrogen-bond donors (Lipinski definition) is 1. The van der Waals surface area contributed by atoms with E-state index < -0.39 is 0 Å². The Hall–Kier alpha value is -0.770. The summed E-state index contributed by atoms with van der Waals surface area (Å²) < 4.78 is 5.05. The second-order valence-electron chi connectivity index (χ2n) is 4.17. The fourth-order valence-corrected chi connectivity index (χ4v) is 1.81. The standard InChI is InChI=1S/C10H21N3O/c1-8(2)6-9-7-12-10(11)13(9)4-5-14-3/h8-9H,4-7H2,1-3H3,(H2,11,12). The second kappa shape index (κ2) is 5.20. The smallest absolute Gasteiger partial charge is 0.191 e. The van der Waals surface area contributed by atoms with Crippen LogP contribution in [0.3, 0.4) is 0 Å². The van der Waals surface area contributed by atoms with Crippen LogP contribution in [0.2, 0.25) is 0 Å². The van der Waals surface area contributed by atoms with Crippen molar-refractivity contribution in [1.29, 1.82) is 0 Å². The van der Waals surface area contributed by atoms with Gasteiger partial charge < -0.3 is 15.4 Å². The largest absolute Gasteiger partial charge is 0.383 e. The summed E-state index contributed by atoms with van der Waals surface area (Å²) in [5.41, 5.74) is 5.81. The molecule has 0 aromatic heterocycles. The molecule has 0 fully saturated rings. The highest BCUT2D eigenvalue weighted by atomic mass is 16.5. The molecule has 0 saturated carbocycles. The van der Waals surface area contributed by atoms with Gasteiger partial charge in [-0.1, -0.05) is 13.8 Å². The van der Waals surface area contributed by atoms with Gasteiger partial charge in [0, 0.05) is 13.7 Å². The second-order valence-corrected chi connectivity index (χ2v) is 4.17. The lowest BCUT2D eigenvalue weighted by atomic mass is 10.0. The molecule has 4 nitrogen and oxygen atoms in total. The lowest BCUT2D eigenvalue weighted by molar-refractivity contribution is 0.161. The van der Waals surface area contributed by atoms with E-state index in [4.69, 9.17) is 10.5 Å². The molecule has 1 atom stereocenters. The Balaban J connectivity index is 2.44. The van der Waals surface area contributed by atoms with Gasteiger partial charge in [0.05, 0.1) is 19.2 Å². The molecule has 0 amide bonds. The van der Waals surface area contributed by atoms with Crippen molar-refractivity contribution in [2.45, 2.75) is 26.3 Å². The molecule has 0 aromatic carbocycles. The average molecular weight is 199 g/mol. The maximum atomic E-state index is 5.81. The summed E-state index contributed by atoms with van der Waals surface area (Å²) >= 11 is 0. The molecule has 1 aliphatic heterocycles. The number of aliphatic imine (C=N–C) groups is 1. The SMILES string of the molecule is COCCN1C(N)=NCC1CC(C)C. The van der Waals surface area contributed by atoms with E-state index >= 15 is 0 Å². The average Bonchev–Trinajstić information content (AvgIpc) is 2.44. The Bertz CT molecular complexity index is 204. The summed E-state index contributed by atoms with van der Waals surface area (Å²) in [4.78, 5) is 6.43. The van der Waals surface area contributed by atoms with E-state index in [2.05, 4.69) is 23.7 Å². The molecule has 14 heavy (non-hydrogen) atoms. The maximum Gasteiger partial charge on any atom is 0.191 e. The van der Waals surface area contributed by atoms with Gasteiger partial charge in [-0.15, -0.1) is 0 Å². The number of rotatable bonds is 5. The van der Waals surface area contributed by atoms with Crippen molar-refractivity contribution in [2.75, 3.05) is 26.8 Å². The molecule has 0 aromatic rings. The third-order valence-corrected chi connectivity index (χ3v) is 2.48. The maximum absolute atomic E-state index is 5.81. The molecule has 82 valence electrons. The molecule has 1 rings (SSSR count). The van der Waals surface area contributed by atoms with E-state index in [1.165, 1.54) is 0 Å². The normalized spacial score (nSPS) is 21.9. The summed E-state index contributed by atoms with van der Waals surface area (Å²) in [6.07, 6.45) is 1.15. The summed E-state index contributed by atoms with van der Waals surface area (Å²) in [6.45, 7) is 6.85. The van der Waals surface area contributed by atoms with E-state index in [1.54, 1.807) is 7.11 Å². The minimum Gasteiger partial charge on any atom is -0.383 e. The predicted octanol–water partition coefficient (Wildman–Crippen LogP) is 0.678. The van der Waals surface area contributed by atoms with E-state index in [9.17, 15) is 0 Å². The molecule has 1 unspecified atom stereocenters. The molecule has 4 heteroatoms. The van der Waals surface area contributed by atoms with Crippen molar-refractivity contribution in [1.82, 2.24) is 4.90 Å². The predicted molar refractivity (Wildman–Crippen MR) is 58.3 cm³/mol. The Morgan fingerprint density at radius 2 is 2.36 bits per heavy atom. The first-order valence-electron chi connectivity index (χ1n) is 5.20. The highest BCUT2D eigenvalue weighted by molar-refractivity contribution is 5.80. The van der Waals surface area contributed by atoms with Crippen LogP contribution >= 0.6 is 0 Å². The first-order chi connectivity index (χ1) is 6.65. The highest BCUT2D eigenvalue weighted by Crippen LogP contribution is 2.16. The molecule has 1 heterocycles. The van der Waals surface area contributed by atoms with Crippen LogP contribution in [0.5, 0.6) is 0 Å². The summed E-state index contributed by atoms with van der Waals surface area (Å²) in [5, 5.41) is 0. The quantitative estimate of drug-likeness (QED) is 0.708. The van der Waals surface area contributed by atoms with E-state index in [1.807, 2.05) is 0 Å². The van der Waals surface area contributed by atoms with E-state index in [-0.39, 0.29) is 0 Å². The van der Waals surface area contributed by atoms with Crippen molar-refractivity contribution in [3.8, 4) is 0 Å². The van der Waals surface area contributed by atoms with Gasteiger partial charge >= 0.3 is 0 Å². The minimum atomic E-state index is 0.477. The van der Waals surface area contributed by atoms with Gasteiger partial charge in [-0.25, -0.2) is 0 Å². The van der Waals surface area contributed by atoms with Crippen LogP contribution in [0.15, 0.2) is 4.99 Å². The third kappa shape index (κ3) is 2.87. The molecule has 0 bridgehead atoms. The van der Waals surface area contributed by atoms with E-state index in [0.29, 0.717) is 24.5 Å². The minimum absolute atomic E-state index is 0.477. The lowest BCUT2D eigenvalue weighted by Gasteiger charge is -2.27. The first-order valence-corrected chi connectivity index (χ1v) is 5.20. The number of methoxy groups -OCH3 is 1. The number of guanidine groups is 1. The van der Waals surface area contributed by atoms with Crippen molar-refractivity contribution in [3.05, 3.63) is 0 Å². The van der Waals surface area contributed by atoms with Crippen molar-refractivity contribution >= 4 is 5.96 Å². The van der Waals surface area contributed by atoms with Crippen LogP contribution in [-0.2, 0) is 4.74 Å². The van der Waals surface area contributed by atoms with Crippen LogP contribution in [-0.4, -0.2) is 43.7 Å². The van der Waals surface area contributed by atoms with Crippen LogP contribution in [0.1, 0.15) is 20.3 Å². The molecular formula is C10H21N3O. The Morgan fingerprint density at radius 3 is 2.93 bits per heavy atom. The zero-order chi connectivity index (χ0) is 10.6. The van der Waals surface area contributed by atoms with Gasteiger partial charge in [0.1, 0.15) is 0 Å². The van der Waals surface area contributed by atoms with Gasteiger partial charge in [0.2, 0.25) is 0 Å². The lowest BCUT2D eigenvalue weighted by Crippen LogP contribution is -2.43. The Kier molecular flexibility index (Phi) is 4.20. The monoisotopic (exact) mass is 199 g/mol. The molecule has 0 radical (unpaired) electrons. The van der Waals surface area contributed by atoms with Crippen LogP contribution in [0.25, 0.3) is 0 Å². The Morgan fingerprint density at radius 1 is 1.64 bits per heavy atom. The summed E-state index contributed by atoms with van der Waals surface area (Å²) in [5.74, 6) is 1.36. The van der Waals surface area contributed by atoms with Crippen molar-refractivity contribution < 1.29 is 4.74 Å². The van der Waals surface area contributed by atoms with Crippen LogP contribution in [0, 0.1) is 5.92 Å².